The Hall–Kier alpha value is -2.94. The van der Waals surface area contributed by atoms with Crippen LogP contribution in [0.25, 0.3) is 11.0 Å². The molecule has 0 atom stereocenters. The standard InChI is InChI=1S/C12H7N5O/c18-12-10-9(16-17-11(10)14-7-15-12)4-3-8-2-1-5-13-6-8/h1-2,5-7H,(H2,14,15,16,17,18). The zero-order valence-electron chi connectivity index (χ0n) is 9.14. The van der Waals surface area contributed by atoms with E-state index in [0.717, 1.165) is 5.56 Å². The molecule has 3 rings (SSSR count). The number of aromatic amines is 2. The molecule has 0 unspecified atom stereocenters. The first-order chi connectivity index (χ1) is 8.84. The van der Waals surface area contributed by atoms with Crippen LogP contribution in [0.1, 0.15) is 11.3 Å². The van der Waals surface area contributed by atoms with Gasteiger partial charge in [0.2, 0.25) is 0 Å². The molecule has 3 heterocycles. The SMILES string of the molecule is O=c1[nH]cnc2n[nH]c(C#Cc3cccnc3)c12. The third-order valence-electron chi connectivity index (χ3n) is 2.35. The lowest BCUT2D eigenvalue weighted by molar-refractivity contribution is 1.07. The molecule has 0 amide bonds. The van der Waals surface area contributed by atoms with Crippen LogP contribution in [-0.4, -0.2) is 25.1 Å². The minimum absolute atomic E-state index is 0.260. The van der Waals surface area contributed by atoms with Gasteiger partial charge in [-0.3, -0.25) is 14.9 Å². The second-order valence-corrected chi connectivity index (χ2v) is 3.52. The molecular weight excluding hydrogens is 230 g/mol. The normalized spacial score (nSPS) is 10.0. The number of pyridine rings is 1. The maximum Gasteiger partial charge on any atom is 0.263 e. The summed E-state index contributed by atoms with van der Waals surface area (Å²) in [6, 6.07) is 3.63. The van der Waals surface area contributed by atoms with Gasteiger partial charge in [-0.2, -0.15) is 5.10 Å². The predicted octanol–water partition coefficient (Wildman–Crippen LogP) is 0.441. The highest BCUT2D eigenvalue weighted by atomic mass is 16.1. The van der Waals surface area contributed by atoms with Gasteiger partial charge in [0.15, 0.2) is 5.65 Å². The molecule has 0 aromatic carbocycles. The summed E-state index contributed by atoms with van der Waals surface area (Å²) >= 11 is 0. The highest BCUT2D eigenvalue weighted by Crippen LogP contribution is 2.06. The Morgan fingerprint density at radius 3 is 3.06 bits per heavy atom. The average Bonchev–Trinajstić information content (AvgIpc) is 2.82. The van der Waals surface area contributed by atoms with Crippen molar-refractivity contribution in [2.24, 2.45) is 0 Å². The van der Waals surface area contributed by atoms with E-state index in [4.69, 9.17) is 0 Å². The first-order valence-corrected chi connectivity index (χ1v) is 5.18. The number of hydrogen-bond acceptors (Lipinski definition) is 4. The van der Waals surface area contributed by atoms with Crippen LogP contribution < -0.4 is 5.56 Å². The number of H-pyrrole nitrogens is 2. The lowest BCUT2D eigenvalue weighted by Crippen LogP contribution is -2.05. The van der Waals surface area contributed by atoms with E-state index >= 15 is 0 Å². The molecule has 0 aliphatic rings. The second-order valence-electron chi connectivity index (χ2n) is 3.52. The van der Waals surface area contributed by atoms with Crippen molar-refractivity contribution in [2.75, 3.05) is 0 Å². The summed E-state index contributed by atoms with van der Waals surface area (Å²) < 4.78 is 0. The predicted molar refractivity (Wildman–Crippen MR) is 64.7 cm³/mol. The van der Waals surface area contributed by atoms with Crippen LogP contribution in [-0.2, 0) is 0 Å². The van der Waals surface area contributed by atoms with Crippen LogP contribution in [0.3, 0.4) is 0 Å². The molecule has 6 nitrogen and oxygen atoms in total. The number of hydrogen-bond donors (Lipinski definition) is 2. The van der Waals surface area contributed by atoms with Crippen molar-refractivity contribution in [2.45, 2.75) is 0 Å². The van der Waals surface area contributed by atoms with Gasteiger partial charge in [0.05, 0.1) is 6.33 Å². The van der Waals surface area contributed by atoms with Crippen molar-refractivity contribution < 1.29 is 0 Å². The fourth-order valence-corrected chi connectivity index (χ4v) is 1.53. The maximum absolute atomic E-state index is 11.6. The van der Waals surface area contributed by atoms with Gasteiger partial charge in [0.1, 0.15) is 11.1 Å². The van der Waals surface area contributed by atoms with Crippen molar-refractivity contribution in [1.29, 1.82) is 0 Å². The van der Waals surface area contributed by atoms with Gasteiger partial charge in [-0.15, -0.1) is 0 Å². The van der Waals surface area contributed by atoms with Gasteiger partial charge in [0.25, 0.3) is 5.56 Å². The third kappa shape index (κ3) is 1.74. The zero-order chi connectivity index (χ0) is 12.4. The lowest BCUT2D eigenvalue weighted by atomic mass is 10.2. The fourth-order valence-electron chi connectivity index (χ4n) is 1.53. The first kappa shape index (κ1) is 10.2. The molecule has 0 saturated heterocycles. The molecule has 0 bridgehead atoms. The average molecular weight is 237 g/mol. The summed E-state index contributed by atoms with van der Waals surface area (Å²) in [5.41, 5.74) is 1.31. The summed E-state index contributed by atoms with van der Waals surface area (Å²) in [6.45, 7) is 0. The molecule has 0 radical (unpaired) electrons. The summed E-state index contributed by atoms with van der Waals surface area (Å²) in [6.07, 6.45) is 4.63. The Balaban J connectivity index is 2.12. The topological polar surface area (TPSA) is 87.3 Å². The minimum atomic E-state index is -0.260. The number of nitrogens with zero attached hydrogens (tertiary/aromatic N) is 3. The van der Waals surface area contributed by atoms with Crippen LogP contribution in [0.15, 0.2) is 35.6 Å². The van der Waals surface area contributed by atoms with Gasteiger partial charge < -0.3 is 4.98 Å². The zero-order valence-corrected chi connectivity index (χ0v) is 9.14. The van der Waals surface area contributed by atoms with Crippen LogP contribution in [0.2, 0.25) is 0 Å². The molecule has 0 aliphatic carbocycles. The second kappa shape index (κ2) is 4.14. The molecule has 2 N–H and O–H groups in total. The van der Waals surface area contributed by atoms with Crippen molar-refractivity contribution in [3.8, 4) is 11.8 Å². The Kier molecular flexibility index (Phi) is 2.35. The number of nitrogens with one attached hydrogen (secondary N) is 2. The Bertz CT molecular complexity index is 807. The largest absolute Gasteiger partial charge is 0.312 e. The van der Waals surface area contributed by atoms with E-state index in [0.29, 0.717) is 16.7 Å². The summed E-state index contributed by atoms with van der Waals surface area (Å²) in [5.74, 6) is 5.76. The molecule has 0 saturated carbocycles. The third-order valence-corrected chi connectivity index (χ3v) is 2.35. The molecular formula is C12H7N5O. The highest BCUT2D eigenvalue weighted by molar-refractivity contribution is 5.79. The smallest absolute Gasteiger partial charge is 0.263 e. The number of aromatic nitrogens is 5. The van der Waals surface area contributed by atoms with Crippen LogP contribution in [0.4, 0.5) is 0 Å². The maximum atomic E-state index is 11.6. The van der Waals surface area contributed by atoms with E-state index < -0.39 is 0 Å². The molecule has 86 valence electrons. The molecule has 0 fully saturated rings. The quantitative estimate of drug-likeness (QED) is 0.555. The fraction of sp³-hybridized carbons (Fsp3) is 0. The molecule has 0 aliphatic heterocycles. The molecule has 18 heavy (non-hydrogen) atoms. The van der Waals surface area contributed by atoms with Gasteiger partial charge in [0, 0.05) is 18.0 Å². The Morgan fingerprint density at radius 1 is 1.28 bits per heavy atom. The van der Waals surface area contributed by atoms with Gasteiger partial charge in [-0.1, -0.05) is 5.92 Å². The lowest BCUT2D eigenvalue weighted by Gasteiger charge is -1.87. The summed E-state index contributed by atoms with van der Waals surface area (Å²) in [5, 5.41) is 6.99. The van der Waals surface area contributed by atoms with E-state index in [1.807, 2.05) is 6.07 Å². The molecule has 3 aromatic rings. The van der Waals surface area contributed by atoms with Crippen molar-refractivity contribution in [3.63, 3.8) is 0 Å². The Morgan fingerprint density at radius 2 is 2.22 bits per heavy atom. The minimum Gasteiger partial charge on any atom is -0.312 e. The summed E-state index contributed by atoms with van der Waals surface area (Å²) in [4.78, 5) is 22.0. The van der Waals surface area contributed by atoms with Crippen LogP contribution in [0, 0.1) is 11.8 Å². The van der Waals surface area contributed by atoms with E-state index in [1.165, 1.54) is 6.33 Å². The van der Waals surface area contributed by atoms with Crippen LogP contribution in [0.5, 0.6) is 0 Å². The van der Waals surface area contributed by atoms with Gasteiger partial charge >= 0.3 is 0 Å². The van der Waals surface area contributed by atoms with E-state index in [9.17, 15) is 4.79 Å². The monoisotopic (exact) mass is 237 g/mol. The van der Waals surface area contributed by atoms with Gasteiger partial charge in [-0.05, 0) is 18.1 Å². The Labute approximate surface area is 101 Å². The number of fused-ring (bicyclic) bond motifs is 1. The highest BCUT2D eigenvalue weighted by Gasteiger charge is 2.07. The summed E-state index contributed by atoms with van der Waals surface area (Å²) in [7, 11) is 0. The van der Waals surface area contributed by atoms with E-state index in [2.05, 4.69) is 37.0 Å². The molecule has 3 aromatic heterocycles. The van der Waals surface area contributed by atoms with Crippen molar-refractivity contribution in [3.05, 3.63) is 52.5 Å². The van der Waals surface area contributed by atoms with Crippen LogP contribution >= 0.6 is 0 Å². The van der Waals surface area contributed by atoms with Crippen molar-refractivity contribution >= 4 is 11.0 Å². The first-order valence-electron chi connectivity index (χ1n) is 5.18. The number of rotatable bonds is 0. The van der Waals surface area contributed by atoms with Gasteiger partial charge in [-0.25, -0.2) is 4.98 Å². The van der Waals surface area contributed by atoms with E-state index in [1.54, 1.807) is 18.5 Å². The van der Waals surface area contributed by atoms with E-state index in [-0.39, 0.29) is 5.56 Å². The molecule has 6 heteroatoms. The molecule has 0 spiro atoms. The van der Waals surface area contributed by atoms with Crippen molar-refractivity contribution in [1.82, 2.24) is 25.1 Å².